The number of carbonyl (C=O) groups excluding carboxylic acids is 1. The molecule has 0 saturated carbocycles. The maximum Gasteiger partial charge on any atom is 0.274 e. The van der Waals surface area contributed by atoms with Gasteiger partial charge < -0.3 is 5.32 Å². The Kier molecular flexibility index (Phi) is 3.86. The summed E-state index contributed by atoms with van der Waals surface area (Å²) >= 11 is 9.10. The van der Waals surface area contributed by atoms with Gasteiger partial charge in [-0.15, -0.1) is 0 Å². The Balaban J connectivity index is 1.95. The van der Waals surface area contributed by atoms with Crippen LogP contribution in [0, 0.1) is 0 Å². The fraction of sp³-hybridized carbons (Fsp3) is 0. The fourth-order valence-electron chi connectivity index (χ4n) is 1.98. The first-order valence-electron chi connectivity index (χ1n) is 6.11. The Hall–Kier alpha value is -1.98. The summed E-state index contributed by atoms with van der Waals surface area (Å²) in [4.78, 5) is 20.5. The Morgan fingerprint density at radius 3 is 2.81 bits per heavy atom. The van der Waals surface area contributed by atoms with Crippen LogP contribution in [-0.2, 0) is 0 Å². The molecule has 1 N–H and O–H groups in total. The van der Waals surface area contributed by atoms with Crippen LogP contribution in [0.5, 0.6) is 0 Å². The van der Waals surface area contributed by atoms with E-state index in [9.17, 15) is 4.79 Å². The quantitative estimate of drug-likeness (QED) is 0.692. The molecule has 4 nitrogen and oxygen atoms in total. The topological polar surface area (TPSA) is 54.9 Å². The van der Waals surface area contributed by atoms with E-state index in [4.69, 9.17) is 11.6 Å². The van der Waals surface area contributed by atoms with E-state index in [0.29, 0.717) is 21.0 Å². The van der Waals surface area contributed by atoms with Gasteiger partial charge in [-0.1, -0.05) is 35.9 Å². The lowest BCUT2D eigenvalue weighted by Gasteiger charge is -2.07. The number of pyridine rings is 2. The Morgan fingerprint density at radius 1 is 1.19 bits per heavy atom. The van der Waals surface area contributed by atoms with Crippen molar-refractivity contribution in [1.82, 2.24) is 9.97 Å². The molecule has 0 spiro atoms. The van der Waals surface area contributed by atoms with Crippen molar-refractivity contribution < 1.29 is 4.79 Å². The highest BCUT2D eigenvalue weighted by Crippen LogP contribution is 2.23. The Labute approximate surface area is 134 Å². The third kappa shape index (κ3) is 2.89. The molecule has 0 saturated heterocycles. The number of hydrogen-bond donors (Lipinski definition) is 1. The summed E-state index contributed by atoms with van der Waals surface area (Å²) < 4.78 is 0.618. The number of fused-ring (bicyclic) bond motifs is 1. The van der Waals surface area contributed by atoms with Crippen LogP contribution < -0.4 is 5.32 Å². The van der Waals surface area contributed by atoms with Gasteiger partial charge in [0.2, 0.25) is 0 Å². The highest BCUT2D eigenvalue weighted by Gasteiger charge is 2.12. The van der Waals surface area contributed by atoms with Gasteiger partial charge in [0.15, 0.2) is 0 Å². The second kappa shape index (κ2) is 5.79. The van der Waals surface area contributed by atoms with E-state index >= 15 is 0 Å². The summed E-state index contributed by atoms with van der Waals surface area (Å²) in [7, 11) is 0. The normalized spacial score (nSPS) is 10.6. The summed E-state index contributed by atoms with van der Waals surface area (Å²) in [6.07, 6.45) is 3.11. The van der Waals surface area contributed by atoms with Crippen molar-refractivity contribution in [3.8, 4) is 0 Å². The molecule has 2 heterocycles. The van der Waals surface area contributed by atoms with Crippen LogP contribution in [0.25, 0.3) is 10.8 Å². The molecular formula is C15H9BrClN3O. The molecule has 0 atom stereocenters. The number of aromatic nitrogens is 2. The van der Waals surface area contributed by atoms with Crippen LogP contribution in [0.2, 0.25) is 5.15 Å². The molecule has 3 rings (SSSR count). The number of amides is 1. The third-order valence-electron chi connectivity index (χ3n) is 2.94. The van der Waals surface area contributed by atoms with Crippen LogP contribution >= 0.6 is 27.5 Å². The van der Waals surface area contributed by atoms with Gasteiger partial charge in [0.05, 0.1) is 16.4 Å². The molecular weight excluding hydrogens is 354 g/mol. The zero-order valence-electron chi connectivity index (χ0n) is 10.7. The molecule has 0 aliphatic heterocycles. The predicted molar refractivity (Wildman–Crippen MR) is 86.6 cm³/mol. The highest BCUT2D eigenvalue weighted by atomic mass is 79.9. The van der Waals surface area contributed by atoms with E-state index in [0.717, 1.165) is 10.8 Å². The smallest absolute Gasteiger partial charge is 0.274 e. The molecule has 6 heteroatoms. The molecule has 0 unspecified atom stereocenters. The largest absolute Gasteiger partial charge is 0.319 e. The van der Waals surface area contributed by atoms with Crippen molar-refractivity contribution in [2.75, 3.05) is 5.32 Å². The van der Waals surface area contributed by atoms with Crippen LogP contribution in [0.1, 0.15) is 10.5 Å². The van der Waals surface area contributed by atoms with Gasteiger partial charge in [-0.25, -0.2) is 4.98 Å². The van der Waals surface area contributed by atoms with E-state index in [2.05, 4.69) is 31.2 Å². The fourth-order valence-corrected chi connectivity index (χ4v) is 2.43. The van der Waals surface area contributed by atoms with Crippen LogP contribution in [0.15, 0.2) is 53.3 Å². The summed E-state index contributed by atoms with van der Waals surface area (Å²) in [6.45, 7) is 0. The molecule has 104 valence electrons. The minimum absolute atomic E-state index is 0.289. The minimum atomic E-state index is -0.289. The number of benzene rings is 1. The number of rotatable bonds is 2. The number of nitrogens with one attached hydrogen (secondary N) is 1. The Bertz CT molecular complexity index is 833. The van der Waals surface area contributed by atoms with Crippen molar-refractivity contribution in [2.24, 2.45) is 0 Å². The van der Waals surface area contributed by atoms with Gasteiger partial charge in [0.25, 0.3) is 5.91 Å². The maximum absolute atomic E-state index is 12.4. The van der Waals surface area contributed by atoms with Gasteiger partial charge in [-0.05, 0) is 33.4 Å². The summed E-state index contributed by atoms with van der Waals surface area (Å²) in [5.41, 5.74) is 0.921. The molecule has 0 aliphatic rings. The predicted octanol–water partition coefficient (Wildman–Crippen LogP) is 4.30. The third-order valence-corrected chi connectivity index (χ3v) is 4.08. The van der Waals surface area contributed by atoms with E-state index in [1.807, 2.05) is 30.3 Å². The van der Waals surface area contributed by atoms with Crippen molar-refractivity contribution >= 4 is 49.9 Å². The van der Waals surface area contributed by atoms with Gasteiger partial charge in [0, 0.05) is 11.6 Å². The van der Waals surface area contributed by atoms with Gasteiger partial charge in [-0.3, -0.25) is 9.78 Å². The molecule has 21 heavy (non-hydrogen) atoms. The van der Waals surface area contributed by atoms with Gasteiger partial charge in [-0.2, -0.15) is 0 Å². The van der Waals surface area contributed by atoms with E-state index in [1.165, 1.54) is 6.20 Å². The summed E-state index contributed by atoms with van der Waals surface area (Å²) in [6, 6.07) is 11.2. The SMILES string of the molecule is O=C(Nc1cnc(Cl)c(Br)c1)c1nccc2ccccc12. The molecule has 3 aromatic rings. The first kappa shape index (κ1) is 14.0. The maximum atomic E-state index is 12.4. The van der Waals surface area contributed by atoms with Gasteiger partial charge >= 0.3 is 0 Å². The molecule has 0 radical (unpaired) electrons. The monoisotopic (exact) mass is 361 g/mol. The van der Waals surface area contributed by atoms with Crippen molar-refractivity contribution in [3.05, 3.63) is 64.1 Å². The molecule has 2 aromatic heterocycles. The lowest BCUT2D eigenvalue weighted by molar-refractivity contribution is 0.102. The standard InChI is InChI=1S/C15H9BrClN3O/c16-12-7-10(8-19-14(12)17)20-15(21)13-11-4-2-1-3-9(11)5-6-18-13/h1-8H,(H,20,21). The second-order valence-corrected chi connectivity index (χ2v) is 5.54. The average molecular weight is 363 g/mol. The first-order chi connectivity index (χ1) is 10.1. The number of anilines is 1. The number of halogens is 2. The second-order valence-electron chi connectivity index (χ2n) is 4.33. The van der Waals surface area contributed by atoms with Crippen molar-refractivity contribution in [2.45, 2.75) is 0 Å². The zero-order valence-corrected chi connectivity index (χ0v) is 13.0. The van der Waals surface area contributed by atoms with E-state index in [1.54, 1.807) is 12.3 Å². The molecule has 1 aromatic carbocycles. The lowest BCUT2D eigenvalue weighted by Crippen LogP contribution is -2.14. The van der Waals surface area contributed by atoms with Crippen molar-refractivity contribution in [3.63, 3.8) is 0 Å². The minimum Gasteiger partial charge on any atom is -0.319 e. The van der Waals surface area contributed by atoms with Crippen LogP contribution in [-0.4, -0.2) is 15.9 Å². The number of hydrogen-bond acceptors (Lipinski definition) is 3. The van der Waals surface area contributed by atoms with Gasteiger partial charge in [0.1, 0.15) is 10.8 Å². The summed E-state index contributed by atoms with van der Waals surface area (Å²) in [5, 5.41) is 4.88. The first-order valence-corrected chi connectivity index (χ1v) is 7.28. The Morgan fingerprint density at radius 2 is 2.00 bits per heavy atom. The van der Waals surface area contributed by atoms with Crippen LogP contribution in [0.4, 0.5) is 5.69 Å². The molecule has 0 bridgehead atoms. The number of nitrogens with zero attached hydrogens (tertiary/aromatic N) is 2. The molecule has 0 fully saturated rings. The summed E-state index contributed by atoms with van der Waals surface area (Å²) in [5.74, 6) is -0.289. The zero-order chi connectivity index (χ0) is 14.8. The lowest BCUT2D eigenvalue weighted by atomic mass is 10.1. The van der Waals surface area contributed by atoms with E-state index in [-0.39, 0.29) is 5.91 Å². The highest BCUT2D eigenvalue weighted by molar-refractivity contribution is 9.10. The molecule has 0 aliphatic carbocycles. The van der Waals surface area contributed by atoms with E-state index < -0.39 is 0 Å². The average Bonchev–Trinajstić information content (AvgIpc) is 2.50. The van der Waals surface area contributed by atoms with Crippen LogP contribution in [0.3, 0.4) is 0 Å². The molecule has 1 amide bonds. The number of carbonyl (C=O) groups is 1. The van der Waals surface area contributed by atoms with Crippen molar-refractivity contribution in [1.29, 1.82) is 0 Å².